The smallest absolute Gasteiger partial charge is 0.208 e. The molecule has 2 rings (SSSR count). The Balaban J connectivity index is 0.00000242. The van der Waals surface area contributed by atoms with E-state index in [1.54, 1.807) is 0 Å². The van der Waals surface area contributed by atoms with Crippen LogP contribution >= 0.6 is 12.4 Å². The first-order valence-electron chi connectivity index (χ1n) is 8.36. The van der Waals surface area contributed by atoms with Crippen molar-refractivity contribution in [2.45, 2.75) is 45.3 Å². The molecule has 4 heteroatoms. The molecule has 0 radical (unpaired) electrons. The molecule has 1 aliphatic heterocycles. The number of rotatable bonds is 8. The van der Waals surface area contributed by atoms with Crippen molar-refractivity contribution in [3.8, 4) is 0 Å². The number of hydrogen-bond acceptors (Lipinski definition) is 3. The molecule has 1 aliphatic rings. The number of nitrogens with zero attached hydrogens (tertiary/aromatic N) is 1. The summed E-state index contributed by atoms with van der Waals surface area (Å²) in [6.45, 7) is 8.90. The van der Waals surface area contributed by atoms with Crippen LogP contribution in [0.25, 0.3) is 0 Å². The summed E-state index contributed by atoms with van der Waals surface area (Å²) in [4.78, 5) is 2.48. The lowest BCUT2D eigenvalue weighted by atomic mass is 10.0. The van der Waals surface area contributed by atoms with Crippen LogP contribution in [0.3, 0.4) is 0 Å². The fourth-order valence-corrected chi connectivity index (χ4v) is 2.75. The second-order valence-electron chi connectivity index (χ2n) is 5.80. The Kier molecular flexibility index (Phi) is 9.03. The number of halogens is 1. The van der Waals surface area contributed by atoms with Crippen molar-refractivity contribution in [3.05, 3.63) is 35.9 Å². The van der Waals surface area contributed by atoms with Gasteiger partial charge < -0.3 is 9.47 Å². The molecule has 126 valence electrons. The summed E-state index contributed by atoms with van der Waals surface area (Å²) in [6.07, 6.45) is 4.68. The lowest BCUT2D eigenvalue weighted by molar-refractivity contribution is -0.277. The molecule has 0 amide bonds. The van der Waals surface area contributed by atoms with Gasteiger partial charge in [0.15, 0.2) is 0 Å². The van der Waals surface area contributed by atoms with Gasteiger partial charge in [-0.05, 0) is 19.4 Å². The zero-order valence-corrected chi connectivity index (χ0v) is 14.7. The second-order valence-corrected chi connectivity index (χ2v) is 5.80. The maximum absolute atomic E-state index is 6.24. The van der Waals surface area contributed by atoms with Crippen LogP contribution in [0, 0.1) is 0 Å². The number of ether oxygens (including phenoxy) is 2. The highest BCUT2D eigenvalue weighted by Gasteiger charge is 2.39. The molecule has 0 aliphatic carbocycles. The molecular formula is C18H30ClNO2. The summed E-state index contributed by atoms with van der Waals surface area (Å²) in [5, 5.41) is 0. The van der Waals surface area contributed by atoms with E-state index in [0.29, 0.717) is 0 Å². The number of hydrogen-bond donors (Lipinski definition) is 0. The quantitative estimate of drug-likeness (QED) is 0.668. The molecule has 0 saturated carbocycles. The first-order valence-corrected chi connectivity index (χ1v) is 8.36. The standard InChI is InChI=1S/C18H29NO2.ClH/c1-3-5-12-19-13-15-21-18(16-19,20-14-6-4-2)17-10-8-7-9-11-17;/h7-11H,3-6,12-16H2,1-2H3;1H. The highest BCUT2D eigenvalue weighted by atomic mass is 35.5. The molecule has 1 atom stereocenters. The van der Waals surface area contributed by atoms with Crippen molar-refractivity contribution >= 4 is 12.4 Å². The van der Waals surface area contributed by atoms with Gasteiger partial charge in [-0.25, -0.2) is 0 Å². The Hall–Kier alpha value is -0.610. The minimum atomic E-state index is -0.581. The third-order valence-corrected chi connectivity index (χ3v) is 4.05. The van der Waals surface area contributed by atoms with Gasteiger partial charge >= 0.3 is 0 Å². The lowest BCUT2D eigenvalue weighted by Gasteiger charge is -2.42. The van der Waals surface area contributed by atoms with Crippen LogP contribution in [0.1, 0.15) is 45.1 Å². The van der Waals surface area contributed by atoms with E-state index in [-0.39, 0.29) is 12.4 Å². The molecule has 1 aromatic rings. The summed E-state index contributed by atoms with van der Waals surface area (Å²) >= 11 is 0. The van der Waals surface area contributed by atoms with Crippen LogP contribution in [0.4, 0.5) is 0 Å². The zero-order chi connectivity index (χ0) is 15.0. The van der Waals surface area contributed by atoms with E-state index >= 15 is 0 Å². The molecule has 0 aromatic heterocycles. The van der Waals surface area contributed by atoms with E-state index in [1.165, 1.54) is 12.8 Å². The van der Waals surface area contributed by atoms with Gasteiger partial charge in [0.2, 0.25) is 5.79 Å². The highest BCUT2D eigenvalue weighted by Crippen LogP contribution is 2.31. The molecule has 1 aromatic carbocycles. The third kappa shape index (κ3) is 5.24. The highest BCUT2D eigenvalue weighted by molar-refractivity contribution is 5.85. The van der Waals surface area contributed by atoms with E-state index in [0.717, 1.165) is 51.3 Å². The normalized spacial score (nSPS) is 22.3. The van der Waals surface area contributed by atoms with Gasteiger partial charge in [0.25, 0.3) is 0 Å². The van der Waals surface area contributed by atoms with Gasteiger partial charge in [-0.2, -0.15) is 0 Å². The van der Waals surface area contributed by atoms with Crippen LogP contribution in [0.5, 0.6) is 0 Å². The SMILES string of the molecule is CCCCOC1(c2ccccc2)CN(CCCC)CCO1.Cl. The van der Waals surface area contributed by atoms with Gasteiger partial charge in [-0.15, -0.1) is 12.4 Å². The van der Waals surface area contributed by atoms with Gasteiger partial charge in [-0.3, -0.25) is 4.90 Å². The Bertz CT molecular complexity index is 401. The van der Waals surface area contributed by atoms with Crippen LogP contribution in [0.2, 0.25) is 0 Å². The average Bonchev–Trinajstić information content (AvgIpc) is 2.54. The molecule has 1 unspecified atom stereocenters. The van der Waals surface area contributed by atoms with Gasteiger partial charge in [0, 0.05) is 12.1 Å². The predicted molar refractivity (Wildman–Crippen MR) is 93.5 cm³/mol. The third-order valence-electron chi connectivity index (χ3n) is 4.05. The zero-order valence-electron chi connectivity index (χ0n) is 13.9. The van der Waals surface area contributed by atoms with E-state index in [9.17, 15) is 0 Å². The molecule has 1 heterocycles. The summed E-state index contributed by atoms with van der Waals surface area (Å²) < 4.78 is 12.4. The first-order chi connectivity index (χ1) is 10.3. The number of benzene rings is 1. The van der Waals surface area contributed by atoms with Crippen molar-refractivity contribution in [1.29, 1.82) is 0 Å². The maximum atomic E-state index is 6.24. The molecule has 1 saturated heterocycles. The number of unbranched alkanes of at least 4 members (excludes halogenated alkanes) is 2. The van der Waals surface area contributed by atoms with E-state index in [4.69, 9.17) is 9.47 Å². The lowest BCUT2D eigenvalue weighted by Crippen LogP contribution is -2.51. The molecule has 0 spiro atoms. The van der Waals surface area contributed by atoms with Crippen molar-refractivity contribution in [2.24, 2.45) is 0 Å². The minimum Gasteiger partial charge on any atom is -0.345 e. The van der Waals surface area contributed by atoms with E-state index < -0.39 is 5.79 Å². The van der Waals surface area contributed by atoms with Gasteiger partial charge in [-0.1, -0.05) is 57.0 Å². The Morgan fingerprint density at radius 1 is 1.14 bits per heavy atom. The summed E-state index contributed by atoms with van der Waals surface area (Å²) in [6, 6.07) is 10.4. The topological polar surface area (TPSA) is 21.7 Å². The molecule has 0 N–H and O–H groups in total. The van der Waals surface area contributed by atoms with Crippen molar-refractivity contribution in [3.63, 3.8) is 0 Å². The van der Waals surface area contributed by atoms with Crippen molar-refractivity contribution in [1.82, 2.24) is 4.90 Å². The maximum Gasteiger partial charge on any atom is 0.208 e. The Labute approximate surface area is 141 Å². The fraction of sp³-hybridized carbons (Fsp3) is 0.667. The predicted octanol–water partition coefficient (Wildman–Crippen LogP) is 4.21. The fourth-order valence-electron chi connectivity index (χ4n) is 2.75. The summed E-state index contributed by atoms with van der Waals surface area (Å²) in [5.41, 5.74) is 1.14. The van der Waals surface area contributed by atoms with Crippen molar-refractivity contribution < 1.29 is 9.47 Å². The Morgan fingerprint density at radius 2 is 1.86 bits per heavy atom. The summed E-state index contributed by atoms with van der Waals surface area (Å²) in [5.74, 6) is -0.581. The van der Waals surface area contributed by atoms with Crippen LogP contribution < -0.4 is 0 Å². The van der Waals surface area contributed by atoms with Crippen LogP contribution in [0.15, 0.2) is 30.3 Å². The van der Waals surface area contributed by atoms with Crippen LogP contribution in [-0.4, -0.2) is 37.7 Å². The van der Waals surface area contributed by atoms with Crippen molar-refractivity contribution in [2.75, 3.05) is 32.8 Å². The van der Waals surface area contributed by atoms with E-state index in [2.05, 4.69) is 43.0 Å². The van der Waals surface area contributed by atoms with E-state index in [1.807, 2.05) is 6.07 Å². The average molecular weight is 328 g/mol. The van der Waals surface area contributed by atoms with Gasteiger partial charge in [0.1, 0.15) is 0 Å². The monoisotopic (exact) mass is 327 g/mol. The molecule has 0 bridgehead atoms. The molecule has 3 nitrogen and oxygen atoms in total. The number of morpholine rings is 1. The molecule has 22 heavy (non-hydrogen) atoms. The largest absolute Gasteiger partial charge is 0.345 e. The second kappa shape index (κ2) is 10.2. The minimum absolute atomic E-state index is 0. The van der Waals surface area contributed by atoms with Gasteiger partial charge in [0.05, 0.1) is 19.8 Å². The van der Waals surface area contributed by atoms with Crippen LogP contribution in [-0.2, 0) is 15.3 Å². The first kappa shape index (κ1) is 19.4. The summed E-state index contributed by atoms with van der Waals surface area (Å²) in [7, 11) is 0. The Morgan fingerprint density at radius 3 is 2.55 bits per heavy atom. The molecular weight excluding hydrogens is 298 g/mol. The molecule has 1 fully saturated rings.